The summed E-state index contributed by atoms with van der Waals surface area (Å²) in [4.78, 5) is 85.7. The Bertz CT molecular complexity index is 1970. The molecule has 2 aliphatic heterocycles. The van der Waals surface area contributed by atoms with Crippen molar-refractivity contribution in [3.8, 4) is 5.75 Å². The van der Waals surface area contributed by atoms with Crippen molar-refractivity contribution in [1.29, 1.82) is 0 Å². The van der Waals surface area contributed by atoms with Crippen molar-refractivity contribution in [2.24, 2.45) is 23.1 Å². The van der Waals surface area contributed by atoms with Crippen molar-refractivity contribution in [2.45, 2.75) is 110 Å². The second-order valence-electron chi connectivity index (χ2n) is 18.1. The second-order valence-corrected chi connectivity index (χ2v) is 19.6. The zero-order valence-electron chi connectivity index (χ0n) is 41.8. The standard InChI is InChI=1S/C48H74ClN5O14S/c1-30-13-11-15-39(63-10)48(61)27-38(67-46(60)52-48)31(2)32(3)47(5,6)40(26-43(58)54(8)36-24-34(23-30)25-37(62-9)44(36)49)68-45(59)33(4)53(7)42(57)16-22-69-29-41(56)51-17-19-65-21-20-64-18-12-14-35(55)28-66-50/h11,13,15,24-25,31-33,38-40,61H,12,14,16-23,26-29,50H2,1-10H3,(H,51,56)(H,52,60)/b15-11+,30-13+/t31?,32-,33-,38-,39+,40-,48-/m0/s1. The first-order chi connectivity index (χ1) is 32.6. The fraction of sp³-hybridized carbons (Fsp3) is 0.667. The Morgan fingerprint density at radius 1 is 1.10 bits per heavy atom. The number of hydrogen-bond donors (Lipinski definition) is 4. The number of carbonyl (C=O) groups is 6. The number of carbonyl (C=O) groups excluding carboxylic acids is 6. The Kier molecular flexibility index (Phi) is 24.4. The minimum absolute atomic E-state index is 0.0382. The summed E-state index contributed by atoms with van der Waals surface area (Å²) in [5, 5.41) is 17.4. The molecule has 7 atom stereocenters. The highest BCUT2D eigenvalue weighted by molar-refractivity contribution is 7.99. The molecule has 4 bridgehead atoms. The summed E-state index contributed by atoms with van der Waals surface area (Å²) < 4.78 is 34.3. The third-order valence-electron chi connectivity index (χ3n) is 12.9. The van der Waals surface area contributed by atoms with Gasteiger partial charge in [-0.15, -0.1) is 0 Å². The molecule has 21 heteroatoms. The third-order valence-corrected chi connectivity index (χ3v) is 14.3. The smallest absolute Gasteiger partial charge is 0.409 e. The number of nitrogens with zero attached hydrogens (tertiary/aromatic N) is 2. The summed E-state index contributed by atoms with van der Waals surface area (Å²) in [6.45, 7) is 12.5. The highest BCUT2D eigenvalue weighted by Gasteiger charge is 2.50. The number of ketones is 1. The molecule has 3 rings (SSSR count). The maximum absolute atomic E-state index is 14.4. The number of ether oxygens (including phenoxy) is 6. The van der Waals surface area contributed by atoms with Gasteiger partial charge in [0.15, 0.2) is 11.5 Å². The van der Waals surface area contributed by atoms with E-state index >= 15 is 0 Å². The third kappa shape index (κ3) is 17.8. The topological polar surface area (TPSA) is 244 Å². The van der Waals surface area contributed by atoms with Gasteiger partial charge in [-0.05, 0) is 56.2 Å². The summed E-state index contributed by atoms with van der Waals surface area (Å²) in [7, 11) is 6.00. The Labute approximate surface area is 415 Å². The Balaban J connectivity index is 1.72. The lowest BCUT2D eigenvalue weighted by Gasteiger charge is -2.47. The molecule has 1 fully saturated rings. The van der Waals surface area contributed by atoms with E-state index < -0.39 is 65.3 Å². The van der Waals surface area contributed by atoms with E-state index in [1.54, 1.807) is 38.3 Å². The average molecular weight is 1010 g/mol. The zero-order valence-corrected chi connectivity index (χ0v) is 43.3. The first-order valence-electron chi connectivity index (χ1n) is 23.1. The number of methoxy groups -OCH3 is 2. The Morgan fingerprint density at radius 2 is 1.80 bits per heavy atom. The van der Waals surface area contributed by atoms with Gasteiger partial charge in [-0.3, -0.25) is 29.3 Å². The number of allylic oxidation sites excluding steroid dienone is 3. The van der Waals surface area contributed by atoms with Gasteiger partial charge in [0.2, 0.25) is 17.7 Å². The molecule has 5 N–H and O–H groups in total. The molecule has 1 aromatic rings. The van der Waals surface area contributed by atoms with Crippen molar-refractivity contribution in [1.82, 2.24) is 15.5 Å². The van der Waals surface area contributed by atoms with E-state index in [4.69, 9.17) is 45.9 Å². The second kappa shape index (κ2) is 28.5. The molecule has 0 radical (unpaired) electrons. The first-order valence-corrected chi connectivity index (χ1v) is 24.6. The van der Waals surface area contributed by atoms with Crippen LogP contribution in [0.4, 0.5) is 10.5 Å². The molecule has 69 heavy (non-hydrogen) atoms. The molecule has 1 aromatic carbocycles. The van der Waals surface area contributed by atoms with E-state index in [2.05, 4.69) is 15.5 Å². The van der Waals surface area contributed by atoms with Crippen LogP contribution in [0.2, 0.25) is 5.02 Å². The number of aliphatic hydroxyl groups is 1. The fourth-order valence-corrected chi connectivity index (χ4v) is 9.02. The van der Waals surface area contributed by atoms with Crippen LogP contribution in [0.3, 0.4) is 0 Å². The van der Waals surface area contributed by atoms with Crippen molar-refractivity contribution >= 4 is 64.6 Å². The van der Waals surface area contributed by atoms with Gasteiger partial charge in [-0.1, -0.05) is 63.1 Å². The molecular weight excluding hydrogens is 938 g/mol. The van der Waals surface area contributed by atoms with Gasteiger partial charge in [0.05, 0.1) is 44.8 Å². The van der Waals surface area contributed by atoms with Gasteiger partial charge in [0.25, 0.3) is 0 Å². The monoisotopic (exact) mass is 1010 g/mol. The number of nitrogens with one attached hydrogen (secondary N) is 2. The molecule has 388 valence electrons. The molecule has 0 aliphatic carbocycles. The lowest BCUT2D eigenvalue weighted by atomic mass is 9.66. The summed E-state index contributed by atoms with van der Waals surface area (Å²) in [6.07, 6.45) is 2.61. The molecule has 4 amide bonds. The van der Waals surface area contributed by atoms with E-state index in [0.717, 1.165) is 11.1 Å². The molecule has 2 aliphatic rings. The summed E-state index contributed by atoms with van der Waals surface area (Å²) in [6, 6.07) is 2.53. The first kappa shape index (κ1) is 59.0. The number of fused-ring (bicyclic) bond motifs is 4. The van der Waals surface area contributed by atoms with Crippen LogP contribution in [0, 0.1) is 17.3 Å². The van der Waals surface area contributed by atoms with E-state index in [0.29, 0.717) is 62.8 Å². The van der Waals surface area contributed by atoms with Crippen molar-refractivity contribution < 1.29 is 67.1 Å². The van der Waals surface area contributed by atoms with Gasteiger partial charge >= 0.3 is 12.1 Å². The largest absolute Gasteiger partial charge is 0.495 e. The average Bonchev–Trinajstić information content (AvgIpc) is 3.30. The molecule has 1 saturated heterocycles. The quantitative estimate of drug-likeness (QED) is 0.0708. The number of alkyl carbamates (subject to hydrolysis) is 1. The van der Waals surface area contributed by atoms with Crippen LogP contribution in [0.15, 0.2) is 35.9 Å². The maximum atomic E-state index is 14.4. The molecular formula is C48H74ClN5O14S. The predicted molar refractivity (Wildman–Crippen MR) is 262 cm³/mol. The zero-order chi connectivity index (χ0) is 51.5. The fourth-order valence-electron chi connectivity index (χ4n) is 7.96. The van der Waals surface area contributed by atoms with Gasteiger partial charge in [-0.2, -0.15) is 11.8 Å². The number of nitrogens with two attached hydrogens (primary N) is 1. The number of esters is 1. The predicted octanol–water partition coefficient (Wildman–Crippen LogP) is 4.53. The molecule has 19 nitrogen and oxygen atoms in total. The molecule has 0 spiro atoms. The van der Waals surface area contributed by atoms with Gasteiger partial charge in [-0.25, -0.2) is 15.5 Å². The number of benzene rings is 1. The van der Waals surface area contributed by atoms with E-state index in [1.807, 2.05) is 40.7 Å². The number of halogens is 1. The van der Waals surface area contributed by atoms with Crippen LogP contribution < -0.4 is 26.2 Å². The van der Waals surface area contributed by atoms with Gasteiger partial charge < -0.3 is 48.6 Å². The van der Waals surface area contributed by atoms with Crippen molar-refractivity contribution in [3.63, 3.8) is 0 Å². The van der Waals surface area contributed by atoms with Crippen LogP contribution in [-0.4, -0.2) is 155 Å². The van der Waals surface area contributed by atoms with E-state index in [1.165, 1.54) is 42.8 Å². The minimum atomic E-state index is -1.84. The Morgan fingerprint density at radius 3 is 2.46 bits per heavy atom. The van der Waals surface area contributed by atoms with Crippen LogP contribution in [0.1, 0.15) is 79.2 Å². The minimum Gasteiger partial charge on any atom is -0.495 e. The van der Waals surface area contributed by atoms with Crippen LogP contribution in [0.5, 0.6) is 5.75 Å². The number of hydrogen-bond acceptors (Lipinski definition) is 16. The maximum Gasteiger partial charge on any atom is 0.409 e. The van der Waals surface area contributed by atoms with Crippen LogP contribution >= 0.6 is 23.4 Å². The molecule has 2 heterocycles. The van der Waals surface area contributed by atoms with Crippen molar-refractivity contribution in [2.75, 3.05) is 84.3 Å². The number of Topliss-reactive ketones (excluding diaryl/α,β-unsaturated/α-hetero) is 1. The van der Waals surface area contributed by atoms with Crippen molar-refractivity contribution in [3.05, 3.63) is 46.5 Å². The SMILES string of the molecule is COc1cc2cc(c1Cl)N(C)C(=O)C[C@H](OC(=O)[C@H](C)N(C)C(=O)CCSCC(=O)NCCOCCOCCCC(=O)CON)C(C)(C)[C@@H](C)C(C)[C@@H]1C[C@@](O)(NC(=O)O1)[C@H](OC)/C=C/C=C(\C)C2. The highest BCUT2D eigenvalue weighted by atomic mass is 35.5. The highest BCUT2D eigenvalue weighted by Crippen LogP contribution is 2.44. The van der Waals surface area contributed by atoms with E-state index in [-0.39, 0.29) is 60.8 Å². The summed E-state index contributed by atoms with van der Waals surface area (Å²) in [5.41, 5.74) is -0.735. The number of amides is 4. The number of thioether (sulfide) groups is 1. The van der Waals surface area contributed by atoms with Crippen LogP contribution in [-0.2, 0) is 58.9 Å². The summed E-state index contributed by atoms with van der Waals surface area (Å²) >= 11 is 8.10. The lowest BCUT2D eigenvalue weighted by molar-refractivity contribution is -0.170. The number of rotatable bonds is 22. The number of anilines is 1. The van der Waals surface area contributed by atoms with Gasteiger partial charge in [0.1, 0.15) is 41.7 Å². The number of likely N-dealkylation sites (N-methyl/N-ethyl adjacent to an activating group) is 1. The van der Waals surface area contributed by atoms with Gasteiger partial charge in [0, 0.05) is 64.8 Å². The molecule has 0 aromatic heterocycles. The normalized spacial score (nSPS) is 24.7. The van der Waals surface area contributed by atoms with E-state index in [9.17, 15) is 33.9 Å². The lowest BCUT2D eigenvalue weighted by Crippen LogP contribution is -2.63. The Hall–Kier alpha value is -4.28. The molecule has 0 saturated carbocycles. The summed E-state index contributed by atoms with van der Waals surface area (Å²) in [5.74, 6) is 2.95. The molecule has 1 unspecified atom stereocenters. The van der Waals surface area contributed by atoms with Crippen LogP contribution in [0.25, 0.3) is 0 Å².